The van der Waals surface area contributed by atoms with E-state index in [0.29, 0.717) is 44.4 Å². The van der Waals surface area contributed by atoms with Crippen LogP contribution in [0.1, 0.15) is 35.1 Å². The van der Waals surface area contributed by atoms with Crippen molar-refractivity contribution in [2.24, 2.45) is 0 Å². The zero-order valence-electron chi connectivity index (χ0n) is 21.3. The largest absolute Gasteiger partial charge is 0.493 e. The van der Waals surface area contributed by atoms with E-state index in [1.54, 1.807) is 0 Å². The molecular formula is C24H34N4O3. The first-order valence-corrected chi connectivity index (χ1v) is 11.0. The van der Waals surface area contributed by atoms with Gasteiger partial charge in [0.25, 0.3) is 0 Å². The molecular weight excluding hydrogens is 392 g/mol. The number of aromatic nitrogens is 1. The van der Waals surface area contributed by atoms with Crippen molar-refractivity contribution in [1.82, 2.24) is 15.2 Å². The summed E-state index contributed by atoms with van der Waals surface area (Å²) in [6, 6.07) is 10.1. The molecule has 2 aliphatic heterocycles. The minimum absolute atomic E-state index is 0.105. The maximum atomic E-state index is 7.60. The van der Waals surface area contributed by atoms with E-state index in [-0.39, 0.29) is 12.1 Å². The van der Waals surface area contributed by atoms with Gasteiger partial charge < -0.3 is 24.4 Å². The summed E-state index contributed by atoms with van der Waals surface area (Å²) < 4.78 is 39.6. The number of hydrogen-bond donors (Lipinski definition) is 1. The van der Waals surface area contributed by atoms with Crippen LogP contribution in [0.2, 0.25) is 0 Å². The van der Waals surface area contributed by atoms with E-state index in [0.717, 1.165) is 36.5 Å². The van der Waals surface area contributed by atoms with E-state index in [1.807, 2.05) is 49.2 Å². The Hall–Kier alpha value is -2.35. The van der Waals surface area contributed by atoms with E-state index in [4.69, 9.17) is 18.3 Å². The first-order chi connectivity index (χ1) is 16.3. The van der Waals surface area contributed by atoms with Gasteiger partial charge in [-0.05, 0) is 31.5 Å². The smallest absolute Gasteiger partial charge is 0.171 e. The van der Waals surface area contributed by atoms with Crippen molar-refractivity contribution in [3.05, 3.63) is 47.7 Å². The summed E-state index contributed by atoms with van der Waals surface area (Å²) in [4.78, 5) is 8.97. The number of nitrogens with one attached hydrogen (secondary N) is 1. The lowest BCUT2D eigenvalue weighted by atomic mass is 10.0. The molecule has 2 aliphatic rings. The van der Waals surface area contributed by atoms with Crippen molar-refractivity contribution >= 4 is 5.82 Å². The highest BCUT2D eigenvalue weighted by molar-refractivity contribution is 5.53. The van der Waals surface area contributed by atoms with Gasteiger partial charge in [0.1, 0.15) is 5.75 Å². The molecule has 0 unspecified atom stereocenters. The molecule has 2 saturated heterocycles. The lowest BCUT2D eigenvalue weighted by Crippen LogP contribution is -2.45. The highest BCUT2D eigenvalue weighted by Gasteiger charge is 2.24. The molecule has 0 saturated carbocycles. The van der Waals surface area contributed by atoms with Crippen molar-refractivity contribution in [3.63, 3.8) is 0 Å². The third kappa shape index (κ3) is 5.47. The summed E-state index contributed by atoms with van der Waals surface area (Å²) in [6.45, 7) is 9.72. The Morgan fingerprint density at radius 2 is 2.06 bits per heavy atom. The number of morpholine rings is 1. The second-order valence-corrected chi connectivity index (χ2v) is 8.31. The quantitative estimate of drug-likeness (QED) is 0.726. The molecule has 0 amide bonds. The van der Waals surface area contributed by atoms with E-state index in [9.17, 15) is 0 Å². The third-order valence-electron chi connectivity index (χ3n) is 5.63. The fourth-order valence-electron chi connectivity index (χ4n) is 4.20. The van der Waals surface area contributed by atoms with Gasteiger partial charge in [-0.1, -0.05) is 18.2 Å². The van der Waals surface area contributed by atoms with Crippen LogP contribution in [0, 0.1) is 0 Å². The van der Waals surface area contributed by atoms with Crippen LogP contribution >= 0.6 is 0 Å². The predicted octanol–water partition coefficient (Wildman–Crippen LogP) is 2.86. The fraction of sp³-hybridized carbons (Fsp3) is 0.542. The highest BCUT2D eigenvalue weighted by atomic mass is 16.5. The van der Waals surface area contributed by atoms with Gasteiger partial charge in [0.05, 0.1) is 30.5 Å². The summed E-state index contributed by atoms with van der Waals surface area (Å²) in [5, 5.41) is 3.60. The van der Waals surface area contributed by atoms with Crippen LogP contribution in [-0.2, 0) is 11.3 Å². The SMILES string of the molecule is [2H]C([2H])([2H])Oc1cc(CN2CCN[C@@H](c3ccccc3OC(C)C)C2)cnc1N1CCOCC1. The van der Waals surface area contributed by atoms with E-state index in [2.05, 4.69) is 21.3 Å². The molecule has 31 heavy (non-hydrogen) atoms. The van der Waals surface area contributed by atoms with Gasteiger partial charge in [0.2, 0.25) is 0 Å². The van der Waals surface area contributed by atoms with Crippen LogP contribution in [0.5, 0.6) is 11.5 Å². The summed E-state index contributed by atoms with van der Waals surface area (Å²) >= 11 is 0. The van der Waals surface area contributed by atoms with Gasteiger partial charge in [0, 0.05) is 57.1 Å². The standard InChI is InChI=1S/C24H34N4O3/c1-18(2)31-22-7-5-4-6-20(22)21-17-27(9-8-25-21)16-19-14-23(29-3)24(26-15-19)28-10-12-30-13-11-28/h4-7,14-15,18,21,25H,8-13,16-17H2,1-3H3/t21-/m1/s1/i3D3. The molecule has 0 spiro atoms. The topological polar surface area (TPSA) is 59.1 Å². The molecule has 3 heterocycles. The number of rotatable bonds is 7. The summed E-state index contributed by atoms with van der Waals surface area (Å²) in [7, 11) is -2.54. The van der Waals surface area contributed by atoms with Crippen LogP contribution < -0.4 is 19.7 Å². The minimum Gasteiger partial charge on any atom is -0.493 e. The number of hydrogen-bond acceptors (Lipinski definition) is 7. The van der Waals surface area contributed by atoms with Gasteiger partial charge in [0.15, 0.2) is 11.6 Å². The van der Waals surface area contributed by atoms with Crippen LogP contribution in [-0.4, -0.2) is 69.0 Å². The van der Waals surface area contributed by atoms with Gasteiger partial charge >= 0.3 is 0 Å². The first kappa shape index (κ1) is 18.2. The van der Waals surface area contributed by atoms with Gasteiger partial charge in [-0.3, -0.25) is 4.90 Å². The van der Waals surface area contributed by atoms with Crippen molar-refractivity contribution in [1.29, 1.82) is 0 Å². The average molecular weight is 430 g/mol. The lowest BCUT2D eigenvalue weighted by molar-refractivity contribution is 0.122. The van der Waals surface area contributed by atoms with Crippen LogP contribution in [0.3, 0.4) is 0 Å². The minimum atomic E-state index is -2.54. The Morgan fingerprint density at radius 1 is 1.23 bits per heavy atom. The zero-order valence-corrected chi connectivity index (χ0v) is 18.3. The molecule has 1 aromatic carbocycles. The monoisotopic (exact) mass is 429 g/mol. The van der Waals surface area contributed by atoms with Gasteiger partial charge in [-0.2, -0.15) is 0 Å². The maximum absolute atomic E-state index is 7.60. The number of para-hydroxylation sites is 1. The molecule has 0 aliphatic carbocycles. The molecule has 2 aromatic rings. The maximum Gasteiger partial charge on any atom is 0.171 e. The number of anilines is 1. The number of ether oxygens (including phenoxy) is 3. The molecule has 1 atom stereocenters. The van der Waals surface area contributed by atoms with Crippen LogP contribution in [0.15, 0.2) is 36.5 Å². The van der Waals surface area contributed by atoms with Gasteiger partial charge in [-0.25, -0.2) is 4.98 Å². The molecule has 1 aromatic heterocycles. The summed E-state index contributed by atoms with van der Waals surface area (Å²) in [5.74, 6) is 1.75. The average Bonchev–Trinajstić information content (AvgIpc) is 2.79. The number of nitrogens with zero attached hydrogens (tertiary/aromatic N) is 3. The fourth-order valence-corrected chi connectivity index (χ4v) is 4.20. The van der Waals surface area contributed by atoms with Crippen molar-refractivity contribution in [2.45, 2.75) is 32.5 Å². The second-order valence-electron chi connectivity index (χ2n) is 8.31. The van der Waals surface area contributed by atoms with Crippen LogP contribution in [0.4, 0.5) is 5.82 Å². The molecule has 168 valence electrons. The van der Waals surface area contributed by atoms with E-state index < -0.39 is 7.04 Å². The first-order valence-electron chi connectivity index (χ1n) is 12.5. The molecule has 4 rings (SSSR count). The van der Waals surface area contributed by atoms with Crippen molar-refractivity contribution < 1.29 is 18.3 Å². The Kier molecular flexibility index (Phi) is 6.07. The summed E-state index contributed by atoms with van der Waals surface area (Å²) in [5.41, 5.74) is 2.07. The normalized spacial score (nSPS) is 22.0. The second kappa shape index (κ2) is 10.3. The van der Waals surface area contributed by atoms with Crippen LogP contribution in [0.25, 0.3) is 0 Å². The van der Waals surface area contributed by atoms with Crippen molar-refractivity contribution in [3.8, 4) is 11.5 Å². The van der Waals surface area contributed by atoms with Gasteiger partial charge in [-0.15, -0.1) is 0 Å². The van der Waals surface area contributed by atoms with E-state index in [1.165, 1.54) is 0 Å². The highest BCUT2D eigenvalue weighted by Crippen LogP contribution is 2.30. The van der Waals surface area contributed by atoms with E-state index >= 15 is 0 Å². The Balaban J connectivity index is 1.50. The molecule has 0 radical (unpaired) electrons. The molecule has 1 N–H and O–H groups in total. The number of piperazine rings is 1. The number of benzene rings is 1. The predicted molar refractivity (Wildman–Crippen MR) is 122 cm³/mol. The number of pyridine rings is 1. The Bertz CT molecular complexity index is 951. The molecule has 7 nitrogen and oxygen atoms in total. The summed E-state index contributed by atoms with van der Waals surface area (Å²) in [6.07, 6.45) is 1.93. The Morgan fingerprint density at radius 3 is 2.87 bits per heavy atom. The lowest BCUT2D eigenvalue weighted by Gasteiger charge is -2.35. The number of methoxy groups -OCH3 is 1. The molecule has 7 heteroatoms. The third-order valence-corrected chi connectivity index (χ3v) is 5.63. The Labute approximate surface area is 189 Å². The molecule has 2 fully saturated rings. The molecule has 0 bridgehead atoms. The zero-order chi connectivity index (χ0) is 24.1. The van der Waals surface area contributed by atoms with Crippen molar-refractivity contribution in [2.75, 3.05) is 57.9 Å².